The van der Waals surface area contributed by atoms with Crippen molar-refractivity contribution in [2.45, 2.75) is 39.7 Å². The lowest BCUT2D eigenvalue weighted by Gasteiger charge is -2.16. The van der Waals surface area contributed by atoms with Gasteiger partial charge in [-0.1, -0.05) is 19.0 Å². The van der Waals surface area contributed by atoms with Crippen LogP contribution in [0.5, 0.6) is 0 Å². The summed E-state index contributed by atoms with van der Waals surface area (Å²) in [7, 11) is 0. The summed E-state index contributed by atoms with van der Waals surface area (Å²) < 4.78 is 5.22. The fourth-order valence-electron chi connectivity index (χ4n) is 1.97. The van der Waals surface area contributed by atoms with Gasteiger partial charge in [0.15, 0.2) is 5.82 Å². The first-order chi connectivity index (χ1) is 8.81. The Balaban J connectivity index is 1.67. The van der Waals surface area contributed by atoms with E-state index in [4.69, 9.17) is 4.52 Å². The van der Waals surface area contributed by atoms with Crippen molar-refractivity contribution < 1.29 is 4.52 Å². The highest BCUT2D eigenvalue weighted by Gasteiger charge is 2.20. The molecule has 5 heteroatoms. The Morgan fingerprint density at radius 3 is 2.78 bits per heavy atom. The molecule has 1 aliphatic carbocycles. The van der Waals surface area contributed by atoms with E-state index in [0.717, 1.165) is 44.3 Å². The van der Waals surface area contributed by atoms with Crippen LogP contribution >= 0.6 is 0 Å². The predicted octanol–water partition coefficient (Wildman–Crippen LogP) is 1.45. The standard InChI is InChI=1S/C13H24N4O/c1-3-17(4-2)8-7-12-15-13(18-16-12)10-14-9-11-5-6-11/h11,14H,3-10H2,1-2H3. The summed E-state index contributed by atoms with van der Waals surface area (Å²) in [6.45, 7) is 9.28. The monoisotopic (exact) mass is 252 g/mol. The van der Waals surface area contributed by atoms with E-state index in [1.165, 1.54) is 12.8 Å². The van der Waals surface area contributed by atoms with Gasteiger partial charge in [0.2, 0.25) is 5.89 Å². The van der Waals surface area contributed by atoms with Crippen LogP contribution in [-0.4, -0.2) is 41.2 Å². The summed E-state index contributed by atoms with van der Waals surface area (Å²) in [6.07, 6.45) is 3.60. The highest BCUT2D eigenvalue weighted by atomic mass is 16.5. The zero-order valence-corrected chi connectivity index (χ0v) is 11.5. The Hall–Kier alpha value is -0.940. The van der Waals surface area contributed by atoms with Crippen LogP contribution < -0.4 is 5.32 Å². The third kappa shape index (κ3) is 4.38. The average molecular weight is 252 g/mol. The van der Waals surface area contributed by atoms with Crippen molar-refractivity contribution in [3.8, 4) is 0 Å². The van der Waals surface area contributed by atoms with Gasteiger partial charge in [0.1, 0.15) is 0 Å². The summed E-state index contributed by atoms with van der Waals surface area (Å²) in [5.41, 5.74) is 0. The van der Waals surface area contributed by atoms with Gasteiger partial charge in [-0.05, 0) is 38.4 Å². The number of aromatic nitrogens is 2. The molecule has 0 atom stereocenters. The Kier molecular flexibility index (Phi) is 5.13. The summed E-state index contributed by atoms with van der Waals surface area (Å²) in [4.78, 5) is 6.76. The van der Waals surface area contributed by atoms with E-state index in [9.17, 15) is 0 Å². The largest absolute Gasteiger partial charge is 0.338 e. The van der Waals surface area contributed by atoms with Gasteiger partial charge >= 0.3 is 0 Å². The number of nitrogens with one attached hydrogen (secondary N) is 1. The highest BCUT2D eigenvalue weighted by molar-refractivity contribution is 4.87. The molecule has 0 unspecified atom stereocenters. The summed E-state index contributed by atoms with van der Waals surface area (Å²) >= 11 is 0. The molecule has 0 spiro atoms. The van der Waals surface area contributed by atoms with Crippen molar-refractivity contribution in [1.29, 1.82) is 0 Å². The SMILES string of the molecule is CCN(CC)CCc1noc(CNCC2CC2)n1. The van der Waals surface area contributed by atoms with Gasteiger partial charge in [0.05, 0.1) is 6.54 Å². The molecule has 1 aliphatic rings. The van der Waals surface area contributed by atoms with E-state index in [2.05, 4.69) is 34.2 Å². The van der Waals surface area contributed by atoms with Crippen LogP contribution in [0.25, 0.3) is 0 Å². The van der Waals surface area contributed by atoms with Gasteiger partial charge in [-0.15, -0.1) is 0 Å². The third-order valence-electron chi connectivity index (χ3n) is 3.46. The molecule has 0 radical (unpaired) electrons. The van der Waals surface area contributed by atoms with Crippen molar-refractivity contribution >= 4 is 0 Å². The van der Waals surface area contributed by atoms with Gasteiger partial charge < -0.3 is 14.7 Å². The second-order valence-corrected chi connectivity index (χ2v) is 4.96. The minimum Gasteiger partial charge on any atom is -0.338 e. The van der Waals surface area contributed by atoms with Crippen molar-refractivity contribution in [2.24, 2.45) is 5.92 Å². The highest BCUT2D eigenvalue weighted by Crippen LogP contribution is 2.27. The minimum absolute atomic E-state index is 0.703. The fraction of sp³-hybridized carbons (Fsp3) is 0.846. The van der Waals surface area contributed by atoms with Crippen LogP contribution in [0.2, 0.25) is 0 Å². The zero-order chi connectivity index (χ0) is 12.8. The third-order valence-corrected chi connectivity index (χ3v) is 3.46. The summed E-state index contributed by atoms with van der Waals surface area (Å²) in [5, 5.41) is 7.37. The average Bonchev–Trinajstić information content (AvgIpc) is 3.10. The normalized spacial score (nSPS) is 15.5. The number of likely N-dealkylation sites (N-methyl/N-ethyl adjacent to an activating group) is 1. The Morgan fingerprint density at radius 1 is 1.33 bits per heavy atom. The zero-order valence-electron chi connectivity index (χ0n) is 11.5. The van der Waals surface area contributed by atoms with Gasteiger partial charge in [0, 0.05) is 13.0 Å². The fourth-order valence-corrected chi connectivity index (χ4v) is 1.97. The first-order valence-corrected chi connectivity index (χ1v) is 7.06. The topological polar surface area (TPSA) is 54.2 Å². The second-order valence-electron chi connectivity index (χ2n) is 4.96. The van der Waals surface area contributed by atoms with Gasteiger partial charge in [-0.25, -0.2) is 0 Å². The minimum atomic E-state index is 0.703. The lowest BCUT2D eigenvalue weighted by molar-refractivity contribution is 0.302. The molecule has 2 rings (SSSR count). The van der Waals surface area contributed by atoms with Crippen LogP contribution in [0.3, 0.4) is 0 Å². The Bertz CT molecular complexity index is 345. The molecule has 1 fully saturated rings. The van der Waals surface area contributed by atoms with Crippen LogP contribution in [-0.2, 0) is 13.0 Å². The van der Waals surface area contributed by atoms with Crippen LogP contribution in [0.15, 0.2) is 4.52 Å². The van der Waals surface area contributed by atoms with Crippen LogP contribution in [0, 0.1) is 5.92 Å². The van der Waals surface area contributed by atoms with E-state index in [-0.39, 0.29) is 0 Å². The molecule has 102 valence electrons. The van der Waals surface area contributed by atoms with Crippen LogP contribution in [0.1, 0.15) is 38.4 Å². The molecule has 1 saturated carbocycles. The number of nitrogens with zero attached hydrogens (tertiary/aromatic N) is 3. The lowest BCUT2D eigenvalue weighted by Crippen LogP contribution is -2.25. The van der Waals surface area contributed by atoms with Gasteiger partial charge in [-0.3, -0.25) is 0 Å². The molecule has 0 bridgehead atoms. The molecule has 1 aromatic rings. The Labute approximate surface area is 109 Å². The van der Waals surface area contributed by atoms with Gasteiger partial charge in [-0.2, -0.15) is 4.98 Å². The maximum absolute atomic E-state index is 5.22. The molecule has 1 heterocycles. The molecule has 1 aromatic heterocycles. The van der Waals surface area contributed by atoms with Gasteiger partial charge in [0.25, 0.3) is 0 Å². The number of hydrogen-bond donors (Lipinski definition) is 1. The van der Waals surface area contributed by atoms with Crippen molar-refractivity contribution in [3.05, 3.63) is 11.7 Å². The summed E-state index contributed by atoms with van der Waals surface area (Å²) in [5.74, 6) is 2.42. The first-order valence-electron chi connectivity index (χ1n) is 7.06. The molecular weight excluding hydrogens is 228 g/mol. The molecule has 0 amide bonds. The van der Waals surface area contributed by atoms with E-state index >= 15 is 0 Å². The summed E-state index contributed by atoms with van der Waals surface area (Å²) in [6, 6.07) is 0. The van der Waals surface area contributed by atoms with E-state index < -0.39 is 0 Å². The Morgan fingerprint density at radius 2 is 2.11 bits per heavy atom. The van der Waals surface area contributed by atoms with E-state index in [0.29, 0.717) is 12.4 Å². The maximum atomic E-state index is 5.22. The van der Waals surface area contributed by atoms with E-state index in [1.807, 2.05) is 0 Å². The smallest absolute Gasteiger partial charge is 0.240 e. The molecule has 5 nitrogen and oxygen atoms in total. The van der Waals surface area contributed by atoms with Crippen molar-refractivity contribution in [2.75, 3.05) is 26.2 Å². The van der Waals surface area contributed by atoms with E-state index in [1.54, 1.807) is 0 Å². The lowest BCUT2D eigenvalue weighted by atomic mass is 10.3. The van der Waals surface area contributed by atoms with Crippen molar-refractivity contribution in [1.82, 2.24) is 20.4 Å². The molecule has 0 aliphatic heterocycles. The molecular formula is C13H24N4O. The molecule has 1 N–H and O–H groups in total. The predicted molar refractivity (Wildman–Crippen MR) is 70.2 cm³/mol. The quantitative estimate of drug-likeness (QED) is 0.721. The second kappa shape index (κ2) is 6.85. The first kappa shape index (κ1) is 13.5. The number of rotatable bonds is 9. The number of hydrogen-bond acceptors (Lipinski definition) is 5. The molecule has 0 saturated heterocycles. The molecule has 0 aromatic carbocycles. The van der Waals surface area contributed by atoms with Crippen LogP contribution in [0.4, 0.5) is 0 Å². The van der Waals surface area contributed by atoms with Crippen molar-refractivity contribution in [3.63, 3.8) is 0 Å². The molecule has 18 heavy (non-hydrogen) atoms. The maximum Gasteiger partial charge on any atom is 0.240 e.